The molecule has 128 valence electrons. The van der Waals surface area contributed by atoms with Gasteiger partial charge in [-0.3, -0.25) is 10.4 Å². The zero-order valence-corrected chi connectivity index (χ0v) is 14.8. The topological polar surface area (TPSA) is 80.4 Å². The molecule has 6 nitrogen and oxygen atoms in total. The van der Waals surface area contributed by atoms with Gasteiger partial charge in [0, 0.05) is 22.0 Å². The third-order valence-electron chi connectivity index (χ3n) is 3.52. The molecule has 0 aliphatic heterocycles. The van der Waals surface area contributed by atoms with Crippen LogP contribution < -0.4 is 11.1 Å². The van der Waals surface area contributed by atoms with Gasteiger partial charge in [-0.05, 0) is 36.4 Å². The summed E-state index contributed by atoms with van der Waals surface area (Å²) >= 11 is 7.34. The van der Waals surface area contributed by atoms with E-state index in [1.807, 2.05) is 18.2 Å². The molecule has 0 amide bonds. The van der Waals surface area contributed by atoms with Crippen LogP contribution in [-0.4, -0.2) is 16.2 Å². The summed E-state index contributed by atoms with van der Waals surface area (Å²) in [5.74, 6) is 0. The highest BCUT2D eigenvalue weighted by Gasteiger charge is 2.11. The first-order valence-electron chi connectivity index (χ1n) is 7.58. The monoisotopic (exact) mass is 382 g/mol. The van der Waals surface area contributed by atoms with Crippen LogP contribution in [0.1, 0.15) is 5.69 Å². The van der Waals surface area contributed by atoms with Gasteiger partial charge in [-0.1, -0.05) is 17.7 Å². The summed E-state index contributed by atoms with van der Waals surface area (Å²) in [4.78, 5) is 20.8. The number of aromatic nitrogens is 2. The Balaban J connectivity index is 1.59. The number of pyridine rings is 1. The van der Waals surface area contributed by atoms with Gasteiger partial charge < -0.3 is 4.42 Å². The van der Waals surface area contributed by atoms with Gasteiger partial charge in [0.2, 0.25) is 5.13 Å². The van der Waals surface area contributed by atoms with Crippen LogP contribution in [0.15, 0.2) is 68.4 Å². The van der Waals surface area contributed by atoms with Crippen molar-refractivity contribution in [3.05, 3.63) is 75.2 Å². The molecule has 0 saturated carbocycles. The maximum atomic E-state index is 12.2. The molecule has 1 aromatic carbocycles. The number of hydrogen-bond acceptors (Lipinski definition) is 7. The molecule has 4 rings (SSSR count). The Labute approximate surface area is 156 Å². The maximum absolute atomic E-state index is 12.2. The molecular formula is C18H11ClN4O2S. The molecule has 0 spiro atoms. The van der Waals surface area contributed by atoms with Crippen molar-refractivity contribution in [3.8, 4) is 11.3 Å². The number of nitrogens with one attached hydrogen (secondary N) is 1. The third-order valence-corrected chi connectivity index (χ3v) is 4.50. The molecule has 0 atom stereocenters. The van der Waals surface area contributed by atoms with Crippen LogP contribution in [0.25, 0.3) is 22.2 Å². The molecule has 0 radical (unpaired) electrons. The summed E-state index contributed by atoms with van der Waals surface area (Å²) in [6.07, 6.45) is 3.28. The van der Waals surface area contributed by atoms with E-state index in [0.717, 1.165) is 11.1 Å². The van der Waals surface area contributed by atoms with Crippen molar-refractivity contribution in [2.75, 3.05) is 5.43 Å². The van der Waals surface area contributed by atoms with E-state index < -0.39 is 5.63 Å². The lowest BCUT2D eigenvalue weighted by Crippen LogP contribution is -2.03. The molecule has 0 saturated heterocycles. The number of fused-ring (bicyclic) bond motifs is 1. The Bertz CT molecular complexity index is 1150. The van der Waals surface area contributed by atoms with Gasteiger partial charge in [0.1, 0.15) is 5.58 Å². The Morgan fingerprint density at radius 2 is 2.15 bits per heavy atom. The average Bonchev–Trinajstić information content (AvgIpc) is 3.11. The first-order chi connectivity index (χ1) is 12.7. The van der Waals surface area contributed by atoms with E-state index >= 15 is 0 Å². The predicted octanol–water partition coefficient (Wildman–Crippen LogP) is 4.41. The van der Waals surface area contributed by atoms with Crippen molar-refractivity contribution in [3.63, 3.8) is 0 Å². The van der Waals surface area contributed by atoms with Crippen LogP contribution in [-0.2, 0) is 0 Å². The minimum Gasteiger partial charge on any atom is -0.422 e. The van der Waals surface area contributed by atoms with E-state index in [1.165, 1.54) is 11.3 Å². The summed E-state index contributed by atoms with van der Waals surface area (Å²) < 4.78 is 5.34. The average molecular weight is 383 g/mol. The Morgan fingerprint density at radius 1 is 1.23 bits per heavy atom. The Hall–Kier alpha value is -3.03. The number of anilines is 1. The lowest BCUT2D eigenvalue weighted by atomic mass is 10.1. The van der Waals surface area contributed by atoms with Gasteiger partial charge >= 0.3 is 5.63 Å². The fourth-order valence-corrected chi connectivity index (χ4v) is 3.17. The van der Waals surface area contributed by atoms with E-state index in [2.05, 4.69) is 20.5 Å². The number of rotatable bonds is 4. The summed E-state index contributed by atoms with van der Waals surface area (Å²) in [6, 6.07) is 12.4. The second-order valence-corrected chi connectivity index (χ2v) is 6.59. The lowest BCUT2D eigenvalue weighted by Gasteiger charge is -2.00. The maximum Gasteiger partial charge on any atom is 0.345 e. The van der Waals surface area contributed by atoms with Crippen LogP contribution in [0.4, 0.5) is 5.13 Å². The molecule has 4 aromatic rings. The molecule has 0 aliphatic carbocycles. The molecule has 1 N–H and O–H groups in total. The number of halogens is 1. The van der Waals surface area contributed by atoms with Crippen LogP contribution >= 0.6 is 22.9 Å². The van der Waals surface area contributed by atoms with E-state index in [9.17, 15) is 4.79 Å². The highest BCUT2D eigenvalue weighted by Crippen LogP contribution is 2.26. The van der Waals surface area contributed by atoms with Gasteiger partial charge in [0.25, 0.3) is 0 Å². The van der Waals surface area contributed by atoms with Gasteiger partial charge in [0.15, 0.2) is 0 Å². The van der Waals surface area contributed by atoms with Crippen molar-refractivity contribution < 1.29 is 4.42 Å². The summed E-state index contributed by atoms with van der Waals surface area (Å²) in [5, 5.41) is 7.72. The fraction of sp³-hybridized carbons (Fsp3) is 0. The quantitative estimate of drug-likeness (QED) is 0.321. The molecule has 0 aliphatic rings. The number of benzene rings is 1. The van der Waals surface area contributed by atoms with E-state index in [-0.39, 0.29) is 0 Å². The number of nitrogens with zero attached hydrogens (tertiary/aromatic N) is 3. The van der Waals surface area contributed by atoms with E-state index in [4.69, 9.17) is 16.0 Å². The van der Waals surface area contributed by atoms with Gasteiger partial charge in [-0.15, -0.1) is 11.3 Å². The number of thiazole rings is 1. The van der Waals surface area contributed by atoms with Crippen molar-refractivity contribution in [1.82, 2.24) is 9.97 Å². The molecule has 3 aromatic heterocycles. The first-order valence-corrected chi connectivity index (χ1v) is 8.84. The number of hydrazone groups is 1. The van der Waals surface area contributed by atoms with Gasteiger partial charge in [-0.2, -0.15) is 5.10 Å². The summed E-state index contributed by atoms with van der Waals surface area (Å²) in [5.41, 5.74) is 4.48. The molecule has 8 heteroatoms. The van der Waals surface area contributed by atoms with Crippen molar-refractivity contribution in [2.45, 2.75) is 0 Å². The van der Waals surface area contributed by atoms with Crippen molar-refractivity contribution in [2.24, 2.45) is 5.10 Å². The second-order valence-electron chi connectivity index (χ2n) is 5.29. The van der Waals surface area contributed by atoms with Crippen LogP contribution in [0.3, 0.4) is 0 Å². The fourth-order valence-electron chi connectivity index (χ4n) is 2.33. The highest BCUT2D eigenvalue weighted by atomic mass is 35.5. The molecule has 26 heavy (non-hydrogen) atoms. The standard InChI is InChI=1S/C18H11ClN4O2S/c19-12-4-5-16-11(7-12)8-14(17(24)25-16)15-10-26-18(22-15)23-21-9-13-3-1-2-6-20-13/h1-10H,(H,22,23). The van der Waals surface area contributed by atoms with Crippen molar-refractivity contribution in [1.29, 1.82) is 0 Å². The minimum atomic E-state index is -0.450. The molecule has 0 unspecified atom stereocenters. The molecule has 0 fully saturated rings. The molecule has 0 bridgehead atoms. The SMILES string of the molecule is O=c1oc2ccc(Cl)cc2cc1-c1csc(NN=Cc2ccccn2)n1. The largest absolute Gasteiger partial charge is 0.422 e. The zero-order valence-electron chi connectivity index (χ0n) is 13.2. The molecule has 3 heterocycles. The van der Waals surface area contributed by atoms with Crippen LogP contribution in [0.5, 0.6) is 0 Å². The number of hydrogen-bond donors (Lipinski definition) is 1. The van der Waals surface area contributed by atoms with Gasteiger partial charge in [-0.25, -0.2) is 9.78 Å². The normalized spacial score (nSPS) is 11.3. The smallest absolute Gasteiger partial charge is 0.345 e. The molecular weight excluding hydrogens is 372 g/mol. The second kappa shape index (κ2) is 7.07. The predicted molar refractivity (Wildman–Crippen MR) is 104 cm³/mol. The van der Waals surface area contributed by atoms with Gasteiger partial charge in [0.05, 0.1) is 23.2 Å². The summed E-state index contributed by atoms with van der Waals surface area (Å²) in [6.45, 7) is 0. The van der Waals surface area contributed by atoms with E-state index in [1.54, 1.807) is 42.1 Å². The summed E-state index contributed by atoms with van der Waals surface area (Å²) in [7, 11) is 0. The third kappa shape index (κ3) is 3.49. The first kappa shape index (κ1) is 16.4. The minimum absolute atomic E-state index is 0.373. The van der Waals surface area contributed by atoms with Crippen LogP contribution in [0, 0.1) is 0 Å². The Kier molecular flexibility index (Phi) is 4.47. The van der Waals surface area contributed by atoms with Crippen LogP contribution in [0.2, 0.25) is 5.02 Å². The lowest BCUT2D eigenvalue weighted by molar-refractivity contribution is 0.563. The highest BCUT2D eigenvalue weighted by molar-refractivity contribution is 7.14. The Morgan fingerprint density at radius 3 is 3.00 bits per heavy atom. The van der Waals surface area contributed by atoms with E-state index in [0.29, 0.717) is 27.0 Å². The zero-order chi connectivity index (χ0) is 17.9. The van der Waals surface area contributed by atoms with Crippen molar-refractivity contribution >= 4 is 45.3 Å².